The van der Waals surface area contributed by atoms with Gasteiger partial charge in [-0.1, -0.05) is 12.1 Å². The average molecular weight is 432 g/mol. The first-order valence-electron chi connectivity index (χ1n) is 8.20. The fourth-order valence-electron chi connectivity index (χ4n) is 2.48. The Bertz CT molecular complexity index is 1160. The highest BCUT2D eigenvalue weighted by Crippen LogP contribution is 2.33. The molecule has 0 spiro atoms. The van der Waals surface area contributed by atoms with Crippen LogP contribution in [-0.2, 0) is 6.18 Å². The lowest BCUT2D eigenvalue weighted by Crippen LogP contribution is -2.12. The fraction of sp³-hybridized carbons (Fsp3) is 0.0526. The van der Waals surface area contributed by atoms with E-state index in [-0.39, 0.29) is 5.69 Å². The number of pyridine rings is 1. The van der Waals surface area contributed by atoms with Crippen LogP contribution in [0.5, 0.6) is 0 Å². The summed E-state index contributed by atoms with van der Waals surface area (Å²) in [5.74, 6) is -0.480. The second-order valence-corrected chi connectivity index (χ2v) is 7.57. The maximum absolute atomic E-state index is 12.9. The van der Waals surface area contributed by atoms with E-state index in [1.54, 1.807) is 23.8 Å². The largest absolute Gasteiger partial charge is 0.416 e. The van der Waals surface area contributed by atoms with Crippen LogP contribution in [0, 0.1) is 0 Å². The molecule has 0 atom stereocenters. The summed E-state index contributed by atoms with van der Waals surface area (Å²) < 4.78 is 38.7. The Kier molecular flexibility index (Phi) is 5.12. The Morgan fingerprint density at radius 2 is 1.83 bits per heavy atom. The molecule has 0 radical (unpaired) electrons. The number of aromatic nitrogens is 3. The van der Waals surface area contributed by atoms with E-state index in [4.69, 9.17) is 0 Å². The third-order valence-electron chi connectivity index (χ3n) is 3.86. The van der Waals surface area contributed by atoms with Gasteiger partial charge in [-0.2, -0.15) is 13.2 Å². The van der Waals surface area contributed by atoms with Crippen molar-refractivity contribution >= 4 is 33.7 Å². The number of anilines is 1. The van der Waals surface area contributed by atoms with Crippen molar-refractivity contribution in [1.82, 2.24) is 15.0 Å². The number of alkyl halides is 3. The summed E-state index contributed by atoms with van der Waals surface area (Å²) in [6, 6.07) is 8.49. The maximum atomic E-state index is 12.9. The van der Waals surface area contributed by atoms with Crippen LogP contribution in [-0.4, -0.2) is 20.9 Å². The van der Waals surface area contributed by atoms with Gasteiger partial charge in [-0.05, 0) is 24.3 Å². The van der Waals surface area contributed by atoms with Crippen LogP contribution in [0.3, 0.4) is 0 Å². The van der Waals surface area contributed by atoms with Gasteiger partial charge in [-0.25, -0.2) is 9.97 Å². The van der Waals surface area contributed by atoms with E-state index in [0.717, 1.165) is 29.0 Å². The topological polar surface area (TPSA) is 67.8 Å². The minimum absolute atomic E-state index is 0.112. The summed E-state index contributed by atoms with van der Waals surface area (Å²) in [6.45, 7) is 0. The van der Waals surface area contributed by atoms with E-state index in [0.29, 0.717) is 21.4 Å². The lowest BCUT2D eigenvalue weighted by atomic mass is 10.1. The molecule has 29 heavy (non-hydrogen) atoms. The minimum atomic E-state index is -4.44. The third-order valence-corrected chi connectivity index (χ3v) is 5.50. The molecule has 3 aromatic heterocycles. The SMILES string of the molecule is O=C(Nc1nc(-c2cccnc2)cs1)c1csc(-c2cccc(C(F)(F)F)c2)n1. The Morgan fingerprint density at radius 1 is 1.00 bits per heavy atom. The van der Waals surface area contributed by atoms with Crippen molar-refractivity contribution in [3.8, 4) is 21.8 Å². The van der Waals surface area contributed by atoms with Gasteiger partial charge in [0.2, 0.25) is 0 Å². The van der Waals surface area contributed by atoms with E-state index >= 15 is 0 Å². The van der Waals surface area contributed by atoms with Crippen molar-refractivity contribution in [2.75, 3.05) is 5.32 Å². The number of thiazole rings is 2. The zero-order chi connectivity index (χ0) is 20.4. The first kappa shape index (κ1) is 19.2. The summed E-state index contributed by atoms with van der Waals surface area (Å²) in [4.78, 5) is 25.0. The van der Waals surface area contributed by atoms with Crippen molar-refractivity contribution in [1.29, 1.82) is 0 Å². The highest BCUT2D eigenvalue weighted by atomic mass is 32.1. The van der Waals surface area contributed by atoms with Gasteiger partial charge in [0.1, 0.15) is 10.7 Å². The molecule has 1 amide bonds. The summed E-state index contributed by atoms with van der Waals surface area (Å²) in [6.07, 6.45) is -1.12. The second kappa shape index (κ2) is 7.72. The normalized spacial score (nSPS) is 11.4. The van der Waals surface area contributed by atoms with Crippen LogP contribution in [0.2, 0.25) is 0 Å². The lowest BCUT2D eigenvalue weighted by Gasteiger charge is -2.07. The van der Waals surface area contributed by atoms with E-state index in [1.165, 1.54) is 28.8 Å². The third kappa shape index (κ3) is 4.33. The van der Waals surface area contributed by atoms with Gasteiger partial charge in [0, 0.05) is 34.3 Å². The molecule has 1 aromatic carbocycles. The van der Waals surface area contributed by atoms with Crippen LogP contribution >= 0.6 is 22.7 Å². The van der Waals surface area contributed by atoms with Gasteiger partial charge in [-0.3, -0.25) is 15.1 Å². The second-order valence-electron chi connectivity index (χ2n) is 5.85. The van der Waals surface area contributed by atoms with Crippen molar-refractivity contribution < 1.29 is 18.0 Å². The van der Waals surface area contributed by atoms with Gasteiger partial charge in [0.15, 0.2) is 5.13 Å². The number of nitrogens with one attached hydrogen (secondary N) is 1. The van der Waals surface area contributed by atoms with Crippen molar-refractivity contribution in [3.63, 3.8) is 0 Å². The Hall–Kier alpha value is -3.11. The highest BCUT2D eigenvalue weighted by Gasteiger charge is 2.30. The van der Waals surface area contributed by atoms with E-state index in [1.807, 2.05) is 6.07 Å². The molecule has 4 rings (SSSR count). The molecular formula is C19H11F3N4OS2. The minimum Gasteiger partial charge on any atom is -0.296 e. The molecule has 0 fully saturated rings. The van der Waals surface area contributed by atoms with Crippen LogP contribution < -0.4 is 5.32 Å². The number of carbonyl (C=O) groups excluding carboxylic acids is 1. The molecule has 0 saturated heterocycles. The number of hydrogen-bond donors (Lipinski definition) is 1. The molecule has 10 heteroatoms. The zero-order valence-corrected chi connectivity index (χ0v) is 16.1. The molecule has 0 saturated carbocycles. The number of nitrogens with zero attached hydrogens (tertiary/aromatic N) is 3. The molecule has 0 unspecified atom stereocenters. The van der Waals surface area contributed by atoms with Crippen molar-refractivity contribution in [2.24, 2.45) is 0 Å². The van der Waals surface area contributed by atoms with Crippen LogP contribution in [0.25, 0.3) is 21.8 Å². The molecule has 0 aliphatic heterocycles. The summed E-state index contributed by atoms with van der Waals surface area (Å²) >= 11 is 2.35. The van der Waals surface area contributed by atoms with Crippen LogP contribution in [0.1, 0.15) is 16.1 Å². The standard InChI is InChI=1S/C19H11F3N4OS2/c20-19(21,22)13-5-1-3-11(7-13)17-24-15(10-28-17)16(27)26-18-25-14(9-29-18)12-4-2-6-23-8-12/h1-10H,(H,25,26,27). The Balaban J connectivity index is 1.50. The number of amides is 1. The molecule has 1 N–H and O–H groups in total. The van der Waals surface area contributed by atoms with E-state index < -0.39 is 17.6 Å². The summed E-state index contributed by atoms with van der Waals surface area (Å²) in [5.41, 5.74) is 1.16. The highest BCUT2D eigenvalue weighted by molar-refractivity contribution is 7.14. The molecule has 4 aromatic rings. The van der Waals surface area contributed by atoms with E-state index in [9.17, 15) is 18.0 Å². The summed E-state index contributed by atoms with van der Waals surface area (Å²) in [7, 11) is 0. The predicted octanol–water partition coefficient (Wildman–Crippen LogP) is 5.60. The lowest BCUT2D eigenvalue weighted by molar-refractivity contribution is -0.137. The van der Waals surface area contributed by atoms with E-state index in [2.05, 4.69) is 20.3 Å². The maximum Gasteiger partial charge on any atom is 0.416 e. The van der Waals surface area contributed by atoms with Gasteiger partial charge in [0.05, 0.1) is 11.3 Å². The Labute approximate surface area is 170 Å². The smallest absolute Gasteiger partial charge is 0.296 e. The van der Waals surface area contributed by atoms with Gasteiger partial charge in [0.25, 0.3) is 5.91 Å². The van der Waals surface area contributed by atoms with Gasteiger partial charge >= 0.3 is 6.18 Å². The van der Waals surface area contributed by atoms with Crippen LogP contribution in [0.15, 0.2) is 59.6 Å². The number of hydrogen-bond acceptors (Lipinski definition) is 6. The number of carbonyl (C=O) groups is 1. The van der Waals surface area contributed by atoms with Gasteiger partial charge in [-0.15, -0.1) is 22.7 Å². The molecule has 146 valence electrons. The molecule has 0 aliphatic rings. The monoisotopic (exact) mass is 432 g/mol. The molecule has 5 nitrogen and oxygen atoms in total. The quantitative estimate of drug-likeness (QED) is 0.456. The summed E-state index contributed by atoms with van der Waals surface area (Å²) in [5, 5.41) is 6.68. The Morgan fingerprint density at radius 3 is 2.59 bits per heavy atom. The molecule has 0 aliphatic carbocycles. The first-order valence-corrected chi connectivity index (χ1v) is 9.96. The predicted molar refractivity (Wildman–Crippen MR) is 106 cm³/mol. The van der Waals surface area contributed by atoms with Crippen molar-refractivity contribution in [3.05, 3.63) is 70.8 Å². The zero-order valence-electron chi connectivity index (χ0n) is 14.5. The number of rotatable bonds is 4. The first-order chi connectivity index (χ1) is 13.9. The van der Waals surface area contributed by atoms with Gasteiger partial charge < -0.3 is 0 Å². The molecular weight excluding hydrogens is 421 g/mol. The van der Waals surface area contributed by atoms with Crippen molar-refractivity contribution in [2.45, 2.75) is 6.18 Å². The molecule has 0 bridgehead atoms. The molecule has 3 heterocycles. The number of halogens is 3. The number of benzene rings is 1. The van der Waals surface area contributed by atoms with Crippen LogP contribution in [0.4, 0.5) is 18.3 Å². The average Bonchev–Trinajstić information content (AvgIpc) is 3.38. The fourth-order valence-corrected chi connectivity index (χ4v) is 3.99.